The maximum Gasteiger partial charge on any atom is 0.206 e. The Labute approximate surface area is 127 Å². The van der Waals surface area contributed by atoms with E-state index in [9.17, 15) is 8.42 Å². The number of fused-ring (bicyclic) bond motifs is 1. The van der Waals surface area contributed by atoms with Gasteiger partial charge in [0.15, 0.2) is 15.5 Å². The molecule has 6 nitrogen and oxygen atoms in total. The van der Waals surface area contributed by atoms with Gasteiger partial charge in [0.05, 0.1) is 12.0 Å². The molecule has 1 aliphatic heterocycles. The summed E-state index contributed by atoms with van der Waals surface area (Å²) in [4.78, 5) is 8.90. The summed E-state index contributed by atoms with van der Waals surface area (Å²) in [6.45, 7) is 0. The van der Waals surface area contributed by atoms with Crippen molar-refractivity contribution in [1.29, 1.82) is 0 Å². The van der Waals surface area contributed by atoms with Crippen molar-refractivity contribution in [3.05, 3.63) is 42.5 Å². The van der Waals surface area contributed by atoms with Crippen LogP contribution in [0.25, 0.3) is 17.0 Å². The maximum absolute atomic E-state index is 12.5. The molecule has 1 unspecified atom stereocenters. The number of hydrogen-bond donors (Lipinski definition) is 0. The number of pyridine rings is 1. The highest BCUT2D eigenvalue weighted by Crippen LogP contribution is 2.35. The number of hydrogen-bond acceptors (Lipinski definition) is 5. The maximum atomic E-state index is 12.5. The smallest absolute Gasteiger partial charge is 0.206 e. The predicted molar refractivity (Wildman–Crippen MR) is 81.5 cm³/mol. The van der Waals surface area contributed by atoms with Crippen LogP contribution in [-0.4, -0.2) is 28.7 Å². The van der Waals surface area contributed by atoms with E-state index in [-0.39, 0.29) is 5.75 Å². The van der Waals surface area contributed by atoms with Gasteiger partial charge in [0.25, 0.3) is 0 Å². The molecule has 3 aromatic heterocycles. The average Bonchev–Trinajstić information content (AvgIpc) is 3.13. The Balaban J connectivity index is 1.99. The van der Waals surface area contributed by atoms with Gasteiger partial charge in [-0.2, -0.15) is 0 Å². The minimum absolute atomic E-state index is 0.215. The van der Waals surface area contributed by atoms with Crippen LogP contribution in [0.4, 0.5) is 0 Å². The molecule has 0 spiro atoms. The summed E-state index contributed by atoms with van der Waals surface area (Å²) in [5.41, 5.74) is 1.29. The van der Waals surface area contributed by atoms with Gasteiger partial charge in [-0.15, -0.1) is 0 Å². The first kappa shape index (κ1) is 13.5. The minimum Gasteiger partial charge on any atom is -0.448 e. The number of imidazole rings is 1. The van der Waals surface area contributed by atoms with E-state index in [1.165, 1.54) is 0 Å². The second kappa shape index (κ2) is 4.95. The monoisotopic (exact) mass is 317 g/mol. The number of aromatic nitrogens is 3. The van der Waals surface area contributed by atoms with Gasteiger partial charge < -0.3 is 4.42 Å². The van der Waals surface area contributed by atoms with Crippen LogP contribution in [0.5, 0.6) is 0 Å². The second-order valence-electron chi connectivity index (χ2n) is 5.45. The van der Waals surface area contributed by atoms with Crippen LogP contribution in [0, 0.1) is 0 Å². The van der Waals surface area contributed by atoms with Crippen molar-refractivity contribution >= 4 is 21.0 Å². The molecule has 0 saturated carbocycles. The Kier molecular flexibility index (Phi) is 3.04. The number of sulfone groups is 1. The Bertz CT molecular complexity index is 913. The van der Waals surface area contributed by atoms with E-state index < -0.39 is 15.1 Å². The summed E-state index contributed by atoms with van der Waals surface area (Å²) >= 11 is 0. The SMILES string of the molecule is O=S1(=O)CCCCC1c1nc2cccnc2n1-c1ccco1. The molecule has 4 rings (SSSR count). The van der Waals surface area contributed by atoms with Crippen LogP contribution in [0.2, 0.25) is 0 Å². The van der Waals surface area contributed by atoms with Gasteiger partial charge in [0.1, 0.15) is 16.6 Å². The van der Waals surface area contributed by atoms with Crippen LogP contribution in [0.1, 0.15) is 30.3 Å². The number of rotatable bonds is 2. The van der Waals surface area contributed by atoms with E-state index in [1.54, 1.807) is 35.2 Å². The lowest BCUT2D eigenvalue weighted by atomic mass is 10.2. The fourth-order valence-corrected chi connectivity index (χ4v) is 4.90. The number of furan rings is 1. The molecule has 1 saturated heterocycles. The summed E-state index contributed by atoms with van der Waals surface area (Å²) in [5.74, 6) is 1.26. The molecular weight excluding hydrogens is 302 g/mol. The third kappa shape index (κ3) is 2.04. The third-order valence-corrected chi connectivity index (χ3v) is 6.21. The van der Waals surface area contributed by atoms with Crippen LogP contribution in [-0.2, 0) is 9.84 Å². The Morgan fingerprint density at radius 2 is 2.14 bits per heavy atom. The molecule has 1 fully saturated rings. The van der Waals surface area contributed by atoms with Gasteiger partial charge in [0, 0.05) is 12.3 Å². The zero-order chi connectivity index (χ0) is 15.2. The predicted octanol–water partition coefficient (Wildman–Crippen LogP) is 2.65. The van der Waals surface area contributed by atoms with Crippen molar-refractivity contribution in [2.45, 2.75) is 24.5 Å². The summed E-state index contributed by atoms with van der Waals surface area (Å²) in [6.07, 6.45) is 5.43. The van der Waals surface area contributed by atoms with Gasteiger partial charge >= 0.3 is 0 Å². The first-order chi connectivity index (χ1) is 10.7. The highest BCUT2D eigenvalue weighted by molar-refractivity contribution is 7.91. The Morgan fingerprint density at radius 3 is 2.91 bits per heavy atom. The average molecular weight is 317 g/mol. The van der Waals surface area contributed by atoms with Crippen LogP contribution in [0.15, 0.2) is 41.1 Å². The van der Waals surface area contributed by atoms with Gasteiger partial charge in [-0.05, 0) is 31.0 Å². The largest absolute Gasteiger partial charge is 0.448 e. The summed E-state index contributed by atoms with van der Waals surface area (Å²) in [6, 6.07) is 7.18. The summed E-state index contributed by atoms with van der Waals surface area (Å²) in [5, 5.41) is -0.597. The molecular formula is C15H15N3O3S. The molecule has 7 heteroatoms. The van der Waals surface area contributed by atoms with Crippen LogP contribution >= 0.6 is 0 Å². The van der Waals surface area contributed by atoms with E-state index in [1.807, 2.05) is 6.07 Å². The molecule has 1 atom stereocenters. The van der Waals surface area contributed by atoms with E-state index >= 15 is 0 Å². The highest BCUT2D eigenvalue weighted by atomic mass is 32.2. The Morgan fingerprint density at radius 1 is 1.23 bits per heavy atom. The molecule has 0 amide bonds. The topological polar surface area (TPSA) is 78.0 Å². The van der Waals surface area contributed by atoms with E-state index in [4.69, 9.17) is 4.42 Å². The molecule has 4 heterocycles. The zero-order valence-electron chi connectivity index (χ0n) is 11.8. The zero-order valence-corrected chi connectivity index (χ0v) is 12.7. The van der Waals surface area contributed by atoms with Crippen LogP contribution in [0.3, 0.4) is 0 Å². The fraction of sp³-hybridized carbons (Fsp3) is 0.333. The molecule has 3 aromatic rings. The van der Waals surface area contributed by atoms with Crippen molar-refractivity contribution in [2.75, 3.05) is 5.75 Å². The fourth-order valence-electron chi connectivity index (χ4n) is 3.00. The summed E-state index contributed by atoms with van der Waals surface area (Å²) in [7, 11) is -3.19. The van der Waals surface area contributed by atoms with Gasteiger partial charge in [-0.1, -0.05) is 6.42 Å². The van der Waals surface area contributed by atoms with Crippen molar-refractivity contribution in [1.82, 2.24) is 14.5 Å². The van der Waals surface area contributed by atoms with E-state index in [0.717, 1.165) is 12.8 Å². The molecule has 22 heavy (non-hydrogen) atoms. The first-order valence-electron chi connectivity index (χ1n) is 7.25. The normalized spacial score (nSPS) is 21.2. The van der Waals surface area contributed by atoms with Gasteiger partial charge in [0.2, 0.25) is 5.88 Å². The number of nitrogens with zero attached hydrogens (tertiary/aromatic N) is 3. The summed E-state index contributed by atoms with van der Waals surface area (Å²) < 4.78 is 32.2. The van der Waals surface area contributed by atoms with Crippen molar-refractivity contribution in [3.8, 4) is 5.88 Å². The second-order valence-corrected chi connectivity index (χ2v) is 7.76. The van der Waals surface area contributed by atoms with Crippen molar-refractivity contribution < 1.29 is 12.8 Å². The van der Waals surface area contributed by atoms with Gasteiger partial charge in [-0.25, -0.2) is 23.0 Å². The standard InChI is InChI=1S/C15H15N3O3S/c19-22(20)10-2-1-6-12(22)15-17-11-5-3-8-16-14(11)18(15)13-7-4-9-21-13/h3-5,7-9,12H,1-2,6,10H2. The highest BCUT2D eigenvalue weighted by Gasteiger charge is 2.35. The minimum atomic E-state index is -3.19. The lowest BCUT2D eigenvalue weighted by molar-refractivity contribution is 0.515. The molecule has 0 aliphatic carbocycles. The first-order valence-corrected chi connectivity index (χ1v) is 8.97. The lowest BCUT2D eigenvalue weighted by Gasteiger charge is -2.22. The van der Waals surface area contributed by atoms with Crippen LogP contribution < -0.4 is 0 Å². The van der Waals surface area contributed by atoms with Gasteiger partial charge in [-0.3, -0.25) is 0 Å². The molecule has 114 valence electrons. The van der Waals surface area contributed by atoms with Crippen molar-refractivity contribution in [3.63, 3.8) is 0 Å². The lowest BCUT2D eigenvalue weighted by Crippen LogP contribution is -2.24. The molecule has 0 aromatic carbocycles. The molecule has 0 N–H and O–H groups in total. The van der Waals surface area contributed by atoms with E-state index in [2.05, 4.69) is 9.97 Å². The Hall–Kier alpha value is -2.15. The third-order valence-electron chi connectivity index (χ3n) is 4.04. The molecule has 0 bridgehead atoms. The van der Waals surface area contributed by atoms with Crippen molar-refractivity contribution in [2.24, 2.45) is 0 Å². The van der Waals surface area contributed by atoms with E-state index in [0.29, 0.717) is 29.3 Å². The molecule has 1 aliphatic rings. The molecule has 0 radical (unpaired) electrons. The quantitative estimate of drug-likeness (QED) is 0.726.